The summed E-state index contributed by atoms with van der Waals surface area (Å²) in [7, 11) is 1.66. The van der Waals surface area contributed by atoms with Crippen molar-refractivity contribution in [3.63, 3.8) is 0 Å². The van der Waals surface area contributed by atoms with Gasteiger partial charge in [0.25, 0.3) is 5.56 Å². The van der Waals surface area contributed by atoms with Gasteiger partial charge < -0.3 is 14.0 Å². The fraction of sp³-hybridized carbons (Fsp3) is 0.294. The molecule has 0 saturated carbocycles. The summed E-state index contributed by atoms with van der Waals surface area (Å²) in [6.45, 7) is 12.1. The predicted octanol–water partition coefficient (Wildman–Crippen LogP) is 6.77. The molecule has 42 heavy (non-hydrogen) atoms. The fourth-order valence-electron chi connectivity index (χ4n) is 5.53. The zero-order valence-electron chi connectivity index (χ0n) is 25.1. The number of ether oxygens (including phenoxy) is 2. The van der Waals surface area contributed by atoms with E-state index in [1.165, 1.54) is 4.68 Å². The molecule has 0 aliphatic heterocycles. The van der Waals surface area contributed by atoms with E-state index in [2.05, 4.69) is 13.8 Å². The molecule has 0 bridgehead atoms. The van der Waals surface area contributed by atoms with Gasteiger partial charge in [0.2, 0.25) is 0 Å². The first kappa shape index (κ1) is 28.8. The Morgan fingerprint density at radius 1 is 1.02 bits per heavy atom. The van der Waals surface area contributed by atoms with Crippen molar-refractivity contribution in [1.29, 1.82) is 0 Å². The van der Waals surface area contributed by atoms with Crippen LogP contribution in [0.3, 0.4) is 0 Å². The lowest BCUT2D eigenvalue weighted by Gasteiger charge is -2.17. The minimum absolute atomic E-state index is 0.193. The molecule has 2 aromatic heterocycles. The zero-order chi connectivity index (χ0) is 30.1. The Hall–Kier alpha value is -4.72. The predicted molar refractivity (Wildman–Crippen MR) is 168 cm³/mol. The number of methoxy groups -OCH3 is 1. The highest BCUT2D eigenvalue weighted by molar-refractivity contribution is 6.02. The highest BCUT2D eigenvalue weighted by atomic mass is 16.5. The quantitative estimate of drug-likeness (QED) is 0.153. The van der Waals surface area contributed by atoms with Gasteiger partial charge in [-0.2, -0.15) is 9.78 Å². The van der Waals surface area contributed by atoms with Crippen molar-refractivity contribution in [2.24, 2.45) is 5.10 Å². The van der Waals surface area contributed by atoms with Crippen molar-refractivity contribution in [2.45, 2.75) is 53.5 Å². The molecule has 0 radical (unpaired) electrons. The SMILES string of the molecule is CCOC(=O)[C@H](C)n1c(C)c(C=Nn2c(-c3cc(C(C)C)c(OC)cc3C)nc3ccccc3c2=O)c2ccccc21. The van der Waals surface area contributed by atoms with Gasteiger partial charge in [0.05, 0.1) is 30.8 Å². The first-order valence-electron chi connectivity index (χ1n) is 14.2. The minimum atomic E-state index is -0.533. The largest absolute Gasteiger partial charge is 0.496 e. The van der Waals surface area contributed by atoms with E-state index in [0.717, 1.165) is 44.6 Å². The minimum Gasteiger partial charge on any atom is -0.496 e. The maximum atomic E-state index is 13.9. The van der Waals surface area contributed by atoms with E-state index in [1.54, 1.807) is 26.3 Å². The molecule has 0 aliphatic carbocycles. The summed E-state index contributed by atoms with van der Waals surface area (Å²) in [5.74, 6) is 1.12. The second-order valence-electron chi connectivity index (χ2n) is 10.7. The molecule has 0 amide bonds. The number of rotatable bonds is 8. The number of aromatic nitrogens is 3. The average Bonchev–Trinajstić information content (AvgIpc) is 3.26. The van der Waals surface area contributed by atoms with Gasteiger partial charge in [-0.1, -0.05) is 44.2 Å². The van der Waals surface area contributed by atoms with E-state index in [4.69, 9.17) is 19.6 Å². The lowest BCUT2D eigenvalue weighted by Crippen LogP contribution is -2.21. The second-order valence-corrected chi connectivity index (χ2v) is 10.7. The molecule has 5 aromatic rings. The Morgan fingerprint density at radius 3 is 2.40 bits per heavy atom. The third-order valence-corrected chi connectivity index (χ3v) is 7.72. The van der Waals surface area contributed by atoms with Crippen LogP contribution in [0.1, 0.15) is 62.0 Å². The van der Waals surface area contributed by atoms with Crippen LogP contribution in [0.4, 0.5) is 0 Å². The van der Waals surface area contributed by atoms with Crippen LogP contribution in [0.2, 0.25) is 0 Å². The molecular weight excluding hydrogens is 528 g/mol. The third kappa shape index (κ3) is 4.98. The highest BCUT2D eigenvalue weighted by Gasteiger charge is 2.23. The van der Waals surface area contributed by atoms with Crippen LogP contribution in [0.15, 0.2) is 70.6 Å². The lowest BCUT2D eigenvalue weighted by molar-refractivity contribution is -0.146. The monoisotopic (exact) mass is 564 g/mol. The van der Waals surface area contributed by atoms with Gasteiger partial charge in [0, 0.05) is 27.7 Å². The summed E-state index contributed by atoms with van der Waals surface area (Å²) in [4.78, 5) is 31.6. The number of esters is 1. The average molecular weight is 565 g/mol. The molecule has 0 unspecified atom stereocenters. The van der Waals surface area contributed by atoms with Gasteiger partial charge in [-0.15, -0.1) is 0 Å². The smallest absolute Gasteiger partial charge is 0.328 e. The topological polar surface area (TPSA) is 87.7 Å². The van der Waals surface area contributed by atoms with Crippen LogP contribution in [0.25, 0.3) is 33.2 Å². The molecule has 8 heteroatoms. The van der Waals surface area contributed by atoms with Gasteiger partial charge in [-0.25, -0.2) is 9.78 Å². The number of carbonyl (C=O) groups is 1. The summed E-state index contributed by atoms with van der Waals surface area (Å²) < 4.78 is 14.3. The van der Waals surface area contributed by atoms with Gasteiger partial charge in [0.1, 0.15) is 11.8 Å². The summed E-state index contributed by atoms with van der Waals surface area (Å²) in [6.07, 6.45) is 1.69. The van der Waals surface area contributed by atoms with Crippen molar-refractivity contribution in [3.05, 3.63) is 93.4 Å². The summed E-state index contributed by atoms with van der Waals surface area (Å²) in [6, 6.07) is 18.6. The lowest BCUT2D eigenvalue weighted by atomic mass is 9.96. The second kappa shape index (κ2) is 11.6. The molecule has 0 N–H and O–H groups in total. The van der Waals surface area contributed by atoms with Crippen molar-refractivity contribution in [3.8, 4) is 17.1 Å². The van der Waals surface area contributed by atoms with E-state index in [9.17, 15) is 9.59 Å². The summed E-state index contributed by atoms with van der Waals surface area (Å²) >= 11 is 0. The Balaban J connectivity index is 1.75. The molecule has 1 atom stereocenters. The number of nitrogens with zero attached hydrogens (tertiary/aromatic N) is 4. The number of hydrogen-bond donors (Lipinski definition) is 0. The summed E-state index contributed by atoms with van der Waals surface area (Å²) in [5, 5.41) is 6.17. The van der Waals surface area contributed by atoms with E-state index in [1.807, 2.05) is 79.9 Å². The number of aryl methyl sites for hydroxylation is 1. The van der Waals surface area contributed by atoms with Crippen molar-refractivity contribution >= 4 is 34.0 Å². The Morgan fingerprint density at radius 2 is 1.71 bits per heavy atom. The highest BCUT2D eigenvalue weighted by Crippen LogP contribution is 2.34. The van der Waals surface area contributed by atoms with Gasteiger partial charge >= 0.3 is 5.97 Å². The molecule has 5 rings (SSSR count). The fourth-order valence-corrected chi connectivity index (χ4v) is 5.53. The number of hydrogen-bond acceptors (Lipinski definition) is 6. The third-order valence-electron chi connectivity index (χ3n) is 7.72. The van der Waals surface area contributed by atoms with Crippen molar-refractivity contribution < 1.29 is 14.3 Å². The number of benzene rings is 3. The molecule has 0 aliphatic rings. The Bertz CT molecular complexity index is 1900. The molecule has 8 nitrogen and oxygen atoms in total. The number of fused-ring (bicyclic) bond motifs is 2. The van der Waals surface area contributed by atoms with Crippen LogP contribution in [0, 0.1) is 13.8 Å². The molecule has 216 valence electrons. The molecule has 3 aromatic carbocycles. The van der Waals surface area contributed by atoms with Crippen molar-refractivity contribution in [2.75, 3.05) is 13.7 Å². The van der Waals surface area contributed by atoms with E-state index < -0.39 is 6.04 Å². The van der Waals surface area contributed by atoms with Crippen molar-refractivity contribution in [1.82, 2.24) is 14.2 Å². The van der Waals surface area contributed by atoms with Crippen LogP contribution < -0.4 is 10.3 Å². The molecular formula is C34H36N4O4. The Labute approximate surface area is 245 Å². The van der Waals surface area contributed by atoms with E-state index in [-0.39, 0.29) is 17.4 Å². The van der Waals surface area contributed by atoms with Crippen LogP contribution in [0.5, 0.6) is 5.75 Å². The summed E-state index contributed by atoms with van der Waals surface area (Å²) in [5.41, 5.74) is 5.59. The van der Waals surface area contributed by atoms with Crippen LogP contribution >= 0.6 is 0 Å². The van der Waals surface area contributed by atoms with Gasteiger partial charge in [0.15, 0.2) is 5.82 Å². The zero-order valence-corrected chi connectivity index (χ0v) is 25.1. The van der Waals surface area contributed by atoms with Crippen LogP contribution in [-0.4, -0.2) is 40.1 Å². The normalized spacial score (nSPS) is 12.5. The maximum absolute atomic E-state index is 13.9. The molecule has 0 spiro atoms. The van der Waals surface area contributed by atoms with E-state index in [0.29, 0.717) is 23.3 Å². The molecule has 2 heterocycles. The first-order chi connectivity index (χ1) is 20.2. The molecule has 0 saturated heterocycles. The molecule has 0 fully saturated rings. The first-order valence-corrected chi connectivity index (χ1v) is 14.2. The van der Waals surface area contributed by atoms with Crippen LogP contribution in [-0.2, 0) is 9.53 Å². The standard InChI is InChI=1S/C34H36N4O4/c1-8-42-34(40)23(6)37-22(5)28(24-13-10-12-16-30(24)37)19-35-38-32(36-29-15-11-9-14-25(29)33(38)39)27-18-26(20(2)3)31(41-7)17-21(27)4/h9-20,23H,8H2,1-7H3/t23-/m0/s1. The van der Waals surface area contributed by atoms with Gasteiger partial charge in [-0.3, -0.25) is 4.79 Å². The number of carbonyl (C=O) groups excluding carboxylic acids is 1. The van der Waals surface area contributed by atoms with E-state index >= 15 is 0 Å². The maximum Gasteiger partial charge on any atom is 0.328 e. The van der Waals surface area contributed by atoms with Gasteiger partial charge in [-0.05, 0) is 75.1 Å². The Kier molecular flexibility index (Phi) is 7.98. The number of para-hydroxylation sites is 2.